The average Bonchev–Trinajstić information content (AvgIpc) is 2.38. The normalized spacial score (nSPS) is 18.6. The summed E-state index contributed by atoms with van der Waals surface area (Å²) in [6, 6.07) is 0. The van der Waals surface area contributed by atoms with Crippen LogP contribution in [0.5, 0.6) is 0 Å². The molecule has 0 saturated carbocycles. The van der Waals surface area contributed by atoms with Crippen molar-refractivity contribution in [2.45, 2.75) is 33.1 Å². The second kappa shape index (κ2) is 5.44. The highest BCUT2D eigenvalue weighted by Crippen LogP contribution is 2.29. The minimum atomic E-state index is -2.89. The number of nitrogens with one attached hydrogen (secondary N) is 1. The summed E-state index contributed by atoms with van der Waals surface area (Å²) in [4.78, 5) is 11.3. The highest BCUT2D eigenvalue weighted by Gasteiger charge is 2.27. The lowest BCUT2D eigenvalue weighted by Crippen LogP contribution is -2.41. The summed E-state index contributed by atoms with van der Waals surface area (Å²) in [6.45, 7) is 9.17. The molecule has 7 heteroatoms. The first-order valence-electron chi connectivity index (χ1n) is 7.16. The zero-order valence-corrected chi connectivity index (χ0v) is 14.2. The van der Waals surface area contributed by atoms with Gasteiger partial charge in [0.15, 0.2) is 9.84 Å². The van der Waals surface area contributed by atoms with Gasteiger partial charge < -0.3 is 10.2 Å². The van der Waals surface area contributed by atoms with Crippen LogP contribution in [-0.2, 0) is 15.3 Å². The molecular weight excluding hydrogens is 288 g/mol. The topological polar surface area (TPSA) is 75.2 Å². The molecule has 1 N–H and O–H groups in total. The number of rotatable bonds is 2. The van der Waals surface area contributed by atoms with E-state index in [1.165, 1.54) is 0 Å². The summed E-state index contributed by atoms with van der Waals surface area (Å²) in [5, 5.41) is 3.11. The van der Waals surface area contributed by atoms with Crippen LogP contribution < -0.4 is 10.2 Å². The van der Waals surface area contributed by atoms with Crippen molar-refractivity contribution in [1.29, 1.82) is 0 Å². The number of anilines is 2. The molecule has 0 aromatic carbocycles. The lowest BCUT2D eigenvalue weighted by molar-refractivity contribution is 0.543. The van der Waals surface area contributed by atoms with E-state index in [9.17, 15) is 8.42 Å². The fourth-order valence-electron chi connectivity index (χ4n) is 2.32. The van der Waals surface area contributed by atoms with Gasteiger partial charge in [-0.25, -0.2) is 18.4 Å². The maximum Gasteiger partial charge on any atom is 0.153 e. The van der Waals surface area contributed by atoms with Crippen molar-refractivity contribution in [3.63, 3.8) is 0 Å². The van der Waals surface area contributed by atoms with Gasteiger partial charge in [-0.1, -0.05) is 20.8 Å². The third kappa shape index (κ3) is 3.45. The van der Waals surface area contributed by atoms with Crippen LogP contribution in [0.2, 0.25) is 0 Å². The zero-order chi connectivity index (χ0) is 15.8. The molecule has 1 aromatic rings. The smallest absolute Gasteiger partial charge is 0.153 e. The third-order valence-corrected chi connectivity index (χ3v) is 5.28. The highest BCUT2D eigenvalue weighted by molar-refractivity contribution is 7.91. The molecular formula is C14H24N4O2S. The van der Waals surface area contributed by atoms with Gasteiger partial charge in [-0.15, -0.1) is 0 Å². The Morgan fingerprint density at radius 2 is 1.71 bits per heavy atom. The number of nitrogens with zero attached hydrogens (tertiary/aromatic N) is 3. The Bertz CT molecular complexity index is 621. The minimum absolute atomic E-state index is 0.157. The Hall–Kier alpha value is -1.37. The molecule has 118 valence electrons. The SMILES string of the molecule is CNc1nc(C(C)(C)C)nc(N2CCS(=O)(=O)CC2)c1C. The molecule has 0 atom stereocenters. The Morgan fingerprint density at radius 3 is 2.19 bits per heavy atom. The number of hydrogen-bond acceptors (Lipinski definition) is 6. The Balaban J connectivity index is 2.43. The van der Waals surface area contributed by atoms with E-state index in [0.717, 1.165) is 23.0 Å². The van der Waals surface area contributed by atoms with E-state index in [2.05, 4.69) is 31.1 Å². The second-order valence-corrected chi connectivity index (χ2v) is 8.79. The predicted octanol–water partition coefficient (Wildman–Crippen LogP) is 1.36. The van der Waals surface area contributed by atoms with Crippen LogP contribution in [0, 0.1) is 6.92 Å². The maximum absolute atomic E-state index is 11.6. The van der Waals surface area contributed by atoms with Crippen LogP contribution in [0.1, 0.15) is 32.2 Å². The molecule has 6 nitrogen and oxygen atoms in total. The van der Waals surface area contributed by atoms with Gasteiger partial charge in [-0.3, -0.25) is 0 Å². The second-order valence-electron chi connectivity index (χ2n) is 6.48. The summed E-state index contributed by atoms with van der Waals surface area (Å²) in [7, 11) is -1.05. The third-order valence-electron chi connectivity index (χ3n) is 3.67. The van der Waals surface area contributed by atoms with Crippen LogP contribution in [0.3, 0.4) is 0 Å². The molecule has 0 radical (unpaired) electrons. The standard InChI is InChI=1S/C14H24N4O2S/c1-10-11(15-5)16-13(14(2,3)4)17-12(10)18-6-8-21(19,20)9-7-18/h6-9H2,1-5H3,(H,15,16,17). The van der Waals surface area contributed by atoms with Crippen molar-refractivity contribution in [3.05, 3.63) is 11.4 Å². The zero-order valence-electron chi connectivity index (χ0n) is 13.4. The van der Waals surface area contributed by atoms with E-state index in [1.54, 1.807) is 0 Å². The summed E-state index contributed by atoms with van der Waals surface area (Å²) in [6.07, 6.45) is 0. The van der Waals surface area contributed by atoms with Crippen molar-refractivity contribution >= 4 is 21.5 Å². The first kappa shape index (κ1) is 16.0. The summed E-state index contributed by atoms with van der Waals surface area (Å²) in [5.41, 5.74) is 0.806. The van der Waals surface area contributed by atoms with Crippen LogP contribution in [-0.4, -0.2) is 50.0 Å². The van der Waals surface area contributed by atoms with Crippen LogP contribution in [0.15, 0.2) is 0 Å². The van der Waals surface area contributed by atoms with Crippen molar-refractivity contribution in [3.8, 4) is 0 Å². The predicted molar refractivity (Wildman–Crippen MR) is 85.9 cm³/mol. The molecule has 1 aromatic heterocycles. The highest BCUT2D eigenvalue weighted by atomic mass is 32.2. The van der Waals surface area contributed by atoms with Gasteiger partial charge in [-0.05, 0) is 6.92 Å². The largest absolute Gasteiger partial charge is 0.373 e. The average molecular weight is 312 g/mol. The molecule has 0 aliphatic carbocycles. The van der Waals surface area contributed by atoms with E-state index in [0.29, 0.717) is 13.1 Å². The van der Waals surface area contributed by atoms with Gasteiger partial charge in [0.2, 0.25) is 0 Å². The monoisotopic (exact) mass is 312 g/mol. The van der Waals surface area contributed by atoms with E-state index >= 15 is 0 Å². The van der Waals surface area contributed by atoms with Gasteiger partial charge in [-0.2, -0.15) is 0 Å². The van der Waals surface area contributed by atoms with Crippen LogP contribution in [0.4, 0.5) is 11.6 Å². The number of aromatic nitrogens is 2. The molecule has 1 aliphatic heterocycles. The van der Waals surface area contributed by atoms with Gasteiger partial charge in [0.05, 0.1) is 11.5 Å². The van der Waals surface area contributed by atoms with Gasteiger partial charge in [0.25, 0.3) is 0 Å². The Labute approximate surface area is 126 Å². The summed E-state index contributed by atoms with van der Waals surface area (Å²) >= 11 is 0. The fraction of sp³-hybridized carbons (Fsp3) is 0.714. The first-order valence-corrected chi connectivity index (χ1v) is 8.98. The van der Waals surface area contributed by atoms with Gasteiger partial charge in [0, 0.05) is 31.1 Å². The molecule has 1 aliphatic rings. The molecule has 0 bridgehead atoms. The Morgan fingerprint density at radius 1 is 1.14 bits per heavy atom. The van der Waals surface area contributed by atoms with E-state index in [-0.39, 0.29) is 16.9 Å². The van der Waals surface area contributed by atoms with E-state index in [4.69, 9.17) is 4.98 Å². The molecule has 0 amide bonds. The summed E-state index contributed by atoms with van der Waals surface area (Å²) in [5.74, 6) is 2.79. The van der Waals surface area contributed by atoms with Crippen molar-refractivity contribution < 1.29 is 8.42 Å². The van der Waals surface area contributed by atoms with E-state index in [1.807, 2.05) is 18.9 Å². The van der Waals surface area contributed by atoms with Crippen LogP contribution in [0.25, 0.3) is 0 Å². The lowest BCUT2D eigenvalue weighted by atomic mass is 9.95. The summed E-state index contributed by atoms with van der Waals surface area (Å²) < 4.78 is 23.2. The first-order chi connectivity index (χ1) is 9.64. The van der Waals surface area contributed by atoms with E-state index < -0.39 is 9.84 Å². The molecule has 0 unspecified atom stereocenters. The van der Waals surface area contributed by atoms with Crippen molar-refractivity contribution in [2.24, 2.45) is 0 Å². The molecule has 21 heavy (non-hydrogen) atoms. The molecule has 0 spiro atoms. The van der Waals surface area contributed by atoms with Crippen molar-refractivity contribution in [2.75, 3.05) is 41.9 Å². The Kier molecular flexibility index (Phi) is 4.15. The number of sulfone groups is 1. The molecule has 2 rings (SSSR count). The van der Waals surface area contributed by atoms with Crippen LogP contribution >= 0.6 is 0 Å². The minimum Gasteiger partial charge on any atom is -0.373 e. The molecule has 1 fully saturated rings. The lowest BCUT2D eigenvalue weighted by Gasteiger charge is -2.30. The van der Waals surface area contributed by atoms with Crippen molar-refractivity contribution in [1.82, 2.24) is 9.97 Å². The molecule has 1 saturated heterocycles. The maximum atomic E-state index is 11.6. The molecule has 2 heterocycles. The van der Waals surface area contributed by atoms with Gasteiger partial charge >= 0.3 is 0 Å². The quantitative estimate of drug-likeness (QED) is 0.889. The number of hydrogen-bond donors (Lipinski definition) is 1. The van der Waals surface area contributed by atoms with Gasteiger partial charge in [0.1, 0.15) is 17.5 Å². The fourth-order valence-corrected chi connectivity index (χ4v) is 3.52.